The SMILES string of the molecule is Cl.Cl.NCC1CNCC1NCc1ccccc1. The second kappa shape index (κ2) is 8.72. The molecule has 4 N–H and O–H groups in total. The molecule has 1 aromatic rings. The van der Waals surface area contributed by atoms with Gasteiger partial charge in [-0.3, -0.25) is 0 Å². The van der Waals surface area contributed by atoms with E-state index in [2.05, 4.69) is 34.9 Å². The van der Waals surface area contributed by atoms with Gasteiger partial charge in [-0.1, -0.05) is 30.3 Å². The molecule has 0 amide bonds. The van der Waals surface area contributed by atoms with Gasteiger partial charge in [-0.25, -0.2) is 0 Å². The molecular weight excluding hydrogens is 257 g/mol. The summed E-state index contributed by atoms with van der Waals surface area (Å²) in [6.45, 7) is 3.78. The third-order valence-electron chi connectivity index (χ3n) is 3.05. The Kier molecular flexibility index (Phi) is 8.56. The van der Waals surface area contributed by atoms with Crippen LogP contribution in [0.25, 0.3) is 0 Å². The zero-order valence-electron chi connectivity index (χ0n) is 9.76. The van der Waals surface area contributed by atoms with Crippen LogP contribution in [0.3, 0.4) is 0 Å². The highest BCUT2D eigenvalue weighted by Gasteiger charge is 2.24. The molecule has 1 aliphatic heterocycles. The van der Waals surface area contributed by atoms with Gasteiger partial charge in [0.1, 0.15) is 0 Å². The van der Waals surface area contributed by atoms with E-state index in [9.17, 15) is 0 Å². The van der Waals surface area contributed by atoms with Crippen molar-refractivity contribution >= 4 is 24.8 Å². The van der Waals surface area contributed by atoms with Crippen LogP contribution in [0.4, 0.5) is 0 Å². The fourth-order valence-corrected chi connectivity index (χ4v) is 2.06. The normalized spacial score (nSPS) is 22.6. The Morgan fingerprint density at radius 2 is 1.88 bits per heavy atom. The molecule has 1 fully saturated rings. The van der Waals surface area contributed by atoms with Crippen molar-refractivity contribution in [3.05, 3.63) is 35.9 Å². The van der Waals surface area contributed by atoms with E-state index < -0.39 is 0 Å². The summed E-state index contributed by atoms with van der Waals surface area (Å²) in [6.07, 6.45) is 0. The Hall–Kier alpha value is -0.320. The monoisotopic (exact) mass is 277 g/mol. The number of hydrogen-bond donors (Lipinski definition) is 3. The van der Waals surface area contributed by atoms with Gasteiger partial charge in [-0.2, -0.15) is 0 Å². The Labute approximate surface area is 115 Å². The van der Waals surface area contributed by atoms with Crippen molar-refractivity contribution in [3.8, 4) is 0 Å². The minimum Gasteiger partial charge on any atom is -0.330 e. The molecule has 2 atom stereocenters. The third-order valence-corrected chi connectivity index (χ3v) is 3.05. The molecule has 2 unspecified atom stereocenters. The van der Waals surface area contributed by atoms with Crippen LogP contribution < -0.4 is 16.4 Å². The first-order valence-electron chi connectivity index (χ1n) is 5.58. The molecule has 0 aromatic heterocycles. The Balaban J connectivity index is 0.00000128. The minimum absolute atomic E-state index is 0. The van der Waals surface area contributed by atoms with Crippen LogP contribution in [-0.4, -0.2) is 25.7 Å². The molecule has 0 saturated carbocycles. The summed E-state index contributed by atoms with van der Waals surface area (Å²) in [4.78, 5) is 0. The van der Waals surface area contributed by atoms with Crippen LogP contribution in [0.2, 0.25) is 0 Å². The van der Waals surface area contributed by atoms with Gasteiger partial charge in [-0.15, -0.1) is 24.8 Å². The molecule has 0 bridgehead atoms. The lowest BCUT2D eigenvalue weighted by molar-refractivity contribution is 0.433. The number of nitrogens with two attached hydrogens (primary N) is 1. The Morgan fingerprint density at radius 3 is 2.53 bits per heavy atom. The second-order valence-corrected chi connectivity index (χ2v) is 4.13. The molecule has 2 rings (SSSR count). The largest absolute Gasteiger partial charge is 0.330 e. The van der Waals surface area contributed by atoms with Crippen molar-refractivity contribution in [2.24, 2.45) is 11.7 Å². The van der Waals surface area contributed by atoms with Crippen LogP contribution in [-0.2, 0) is 6.54 Å². The van der Waals surface area contributed by atoms with Crippen molar-refractivity contribution in [2.75, 3.05) is 19.6 Å². The van der Waals surface area contributed by atoms with Crippen molar-refractivity contribution in [1.82, 2.24) is 10.6 Å². The van der Waals surface area contributed by atoms with Gasteiger partial charge in [-0.05, 0) is 12.1 Å². The Morgan fingerprint density at radius 1 is 1.18 bits per heavy atom. The minimum atomic E-state index is 0. The van der Waals surface area contributed by atoms with Gasteiger partial charge in [0.05, 0.1) is 0 Å². The van der Waals surface area contributed by atoms with E-state index in [1.807, 2.05) is 6.07 Å². The molecule has 17 heavy (non-hydrogen) atoms. The van der Waals surface area contributed by atoms with Crippen LogP contribution in [0.5, 0.6) is 0 Å². The summed E-state index contributed by atoms with van der Waals surface area (Å²) < 4.78 is 0. The predicted octanol–water partition coefficient (Wildman–Crippen LogP) is 1.17. The number of rotatable bonds is 4. The fourth-order valence-electron chi connectivity index (χ4n) is 2.06. The van der Waals surface area contributed by atoms with Gasteiger partial charge in [0.15, 0.2) is 0 Å². The first-order valence-corrected chi connectivity index (χ1v) is 5.58. The third kappa shape index (κ3) is 4.82. The molecule has 98 valence electrons. The quantitative estimate of drug-likeness (QED) is 0.775. The maximum absolute atomic E-state index is 5.71. The van der Waals surface area contributed by atoms with Crippen LogP contribution in [0, 0.1) is 5.92 Å². The van der Waals surface area contributed by atoms with E-state index >= 15 is 0 Å². The fraction of sp³-hybridized carbons (Fsp3) is 0.500. The zero-order chi connectivity index (χ0) is 10.5. The van der Waals surface area contributed by atoms with E-state index in [-0.39, 0.29) is 24.8 Å². The van der Waals surface area contributed by atoms with E-state index in [1.54, 1.807) is 0 Å². The summed E-state index contributed by atoms with van der Waals surface area (Å²) in [5.74, 6) is 0.578. The lowest BCUT2D eigenvalue weighted by atomic mass is 10.0. The number of nitrogens with one attached hydrogen (secondary N) is 2. The lowest BCUT2D eigenvalue weighted by Gasteiger charge is -2.18. The van der Waals surface area contributed by atoms with E-state index in [1.165, 1.54) is 5.56 Å². The number of benzene rings is 1. The molecule has 3 nitrogen and oxygen atoms in total. The maximum atomic E-state index is 5.71. The highest BCUT2D eigenvalue weighted by atomic mass is 35.5. The van der Waals surface area contributed by atoms with Gasteiger partial charge in [0.2, 0.25) is 0 Å². The summed E-state index contributed by atoms with van der Waals surface area (Å²) >= 11 is 0. The summed E-state index contributed by atoms with van der Waals surface area (Å²) in [6, 6.07) is 11.0. The molecule has 0 aliphatic carbocycles. The van der Waals surface area contributed by atoms with Crippen LogP contribution in [0.15, 0.2) is 30.3 Å². The van der Waals surface area contributed by atoms with Crippen molar-refractivity contribution in [1.29, 1.82) is 0 Å². The van der Waals surface area contributed by atoms with E-state index in [0.717, 1.165) is 26.2 Å². The van der Waals surface area contributed by atoms with Gasteiger partial charge in [0.25, 0.3) is 0 Å². The van der Waals surface area contributed by atoms with Crippen molar-refractivity contribution < 1.29 is 0 Å². The second-order valence-electron chi connectivity index (χ2n) is 4.13. The molecule has 1 aliphatic rings. The lowest BCUT2D eigenvalue weighted by Crippen LogP contribution is -2.38. The average molecular weight is 278 g/mol. The van der Waals surface area contributed by atoms with Crippen molar-refractivity contribution in [2.45, 2.75) is 12.6 Å². The number of halogens is 2. The van der Waals surface area contributed by atoms with E-state index in [0.29, 0.717) is 12.0 Å². The van der Waals surface area contributed by atoms with Gasteiger partial charge >= 0.3 is 0 Å². The summed E-state index contributed by atoms with van der Waals surface area (Å²) in [7, 11) is 0. The standard InChI is InChI=1S/C12H19N3.2ClH/c13-6-11-8-14-9-12(11)15-7-10-4-2-1-3-5-10;;/h1-5,11-12,14-15H,6-9,13H2;2*1H. The van der Waals surface area contributed by atoms with Crippen LogP contribution in [0.1, 0.15) is 5.56 Å². The smallest absolute Gasteiger partial charge is 0.0248 e. The molecule has 1 saturated heterocycles. The zero-order valence-corrected chi connectivity index (χ0v) is 11.4. The first kappa shape index (κ1) is 16.7. The summed E-state index contributed by atoms with van der Waals surface area (Å²) in [5, 5.41) is 6.92. The molecular formula is C12H21Cl2N3. The molecule has 1 aromatic carbocycles. The molecule has 1 heterocycles. The van der Waals surface area contributed by atoms with Crippen molar-refractivity contribution in [3.63, 3.8) is 0 Å². The topological polar surface area (TPSA) is 50.1 Å². The number of hydrogen-bond acceptors (Lipinski definition) is 3. The molecule has 5 heteroatoms. The van der Waals surface area contributed by atoms with Gasteiger partial charge in [0, 0.05) is 31.6 Å². The van der Waals surface area contributed by atoms with Gasteiger partial charge < -0.3 is 16.4 Å². The highest BCUT2D eigenvalue weighted by Crippen LogP contribution is 2.08. The highest BCUT2D eigenvalue weighted by molar-refractivity contribution is 5.85. The summed E-state index contributed by atoms with van der Waals surface area (Å²) in [5.41, 5.74) is 7.05. The average Bonchev–Trinajstić information content (AvgIpc) is 2.75. The first-order chi connectivity index (χ1) is 7.40. The molecule has 0 spiro atoms. The maximum Gasteiger partial charge on any atom is 0.0248 e. The predicted molar refractivity (Wildman–Crippen MR) is 77.0 cm³/mol. The molecule has 0 radical (unpaired) electrons. The Bertz CT molecular complexity index is 295. The van der Waals surface area contributed by atoms with E-state index in [4.69, 9.17) is 5.73 Å². The van der Waals surface area contributed by atoms with Crippen LogP contribution >= 0.6 is 24.8 Å².